The Morgan fingerprint density at radius 3 is 2.58 bits per heavy atom. The van der Waals surface area contributed by atoms with E-state index in [2.05, 4.69) is 50.9 Å². The Morgan fingerprint density at radius 2 is 1.69 bits per heavy atom. The summed E-state index contributed by atoms with van der Waals surface area (Å²) in [4.78, 5) is 20.5. The van der Waals surface area contributed by atoms with Crippen LogP contribution in [0.5, 0.6) is 0 Å². The second-order valence-electron chi connectivity index (χ2n) is 6.86. The highest BCUT2D eigenvalue weighted by Gasteiger charge is 2.28. The topological polar surface area (TPSA) is 66.9 Å². The molecule has 26 heavy (non-hydrogen) atoms. The lowest BCUT2D eigenvalue weighted by Crippen LogP contribution is -2.24. The second-order valence-corrected chi connectivity index (χ2v) is 6.86. The predicted octanol–water partition coefficient (Wildman–Crippen LogP) is 3.79. The van der Waals surface area contributed by atoms with Gasteiger partial charge in [-0.1, -0.05) is 24.3 Å². The molecule has 0 fully saturated rings. The summed E-state index contributed by atoms with van der Waals surface area (Å²) < 4.78 is 0. The zero-order valence-electron chi connectivity index (χ0n) is 14.2. The first kappa shape index (κ1) is 15.1. The fourth-order valence-electron chi connectivity index (χ4n) is 3.94. The number of carbonyl (C=O) groups is 1. The van der Waals surface area contributed by atoms with E-state index in [-0.39, 0.29) is 11.8 Å². The molecule has 0 aliphatic carbocycles. The highest BCUT2D eigenvalue weighted by molar-refractivity contribution is 5.96. The number of fused-ring (bicyclic) bond motifs is 3. The number of aryl methyl sites for hydroxylation is 2. The van der Waals surface area contributed by atoms with Crippen molar-refractivity contribution in [3.8, 4) is 0 Å². The van der Waals surface area contributed by atoms with Crippen molar-refractivity contribution in [3.05, 3.63) is 77.4 Å². The Kier molecular flexibility index (Phi) is 3.45. The Morgan fingerprint density at radius 1 is 0.885 bits per heavy atom. The summed E-state index contributed by atoms with van der Waals surface area (Å²) in [6.07, 6.45) is 7.52. The van der Waals surface area contributed by atoms with Gasteiger partial charge in [0.15, 0.2) is 0 Å². The second kappa shape index (κ2) is 5.95. The molecule has 2 aliphatic heterocycles. The molecule has 3 aromatic rings. The van der Waals surface area contributed by atoms with Gasteiger partial charge in [-0.05, 0) is 47.2 Å². The first-order valence-corrected chi connectivity index (χ1v) is 8.84. The zero-order valence-corrected chi connectivity index (χ0v) is 14.2. The predicted molar refractivity (Wildman–Crippen MR) is 101 cm³/mol. The van der Waals surface area contributed by atoms with Crippen LogP contribution in [0.2, 0.25) is 0 Å². The van der Waals surface area contributed by atoms with Crippen LogP contribution < -0.4 is 10.6 Å². The Hall–Kier alpha value is -3.21. The van der Waals surface area contributed by atoms with E-state index in [1.807, 2.05) is 6.07 Å². The molecule has 0 bridgehead atoms. The number of anilines is 3. The molecule has 1 amide bonds. The number of aromatic nitrogens is 2. The van der Waals surface area contributed by atoms with Crippen molar-refractivity contribution in [1.29, 1.82) is 0 Å². The molecule has 0 saturated heterocycles. The van der Waals surface area contributed by atoms with Gasteiger partial charge in [-0.15, -0.1) is 0 Å². The van der Waals surface area contributed by atoms with Crippen LogP contribution in [-0.2, 0) is 17.6 Å². The Labute approximate surface area is 151 Å². The van der Waals surface area contributed by atoms with E-state index in [4.69, 9.17) is 0 Å². The maximum atomic E-state index is 12.3. The Balaban J connectivity index is 1.61. The summed E-state index contributed by atoms with van der Waals surface area (Å²) in [5.41, 5.74) is 7.80. The van der Waals surface area contributed by atoms with Gasteiger partial charge in [-0.25, -0.2) is 9.97 Å². The zero-order chi connectivity index (χ0) is 17.5. The largest absolute Gasteiger partial charge is 0.355 e. The molecule has 5 rings (SSSR count). The molecular weight excluding hydrogens is 324 g/mol. The SMILES string of the molecule is O=C1C[C@H](c2cncnc2)c2cc3c(cc2N1)Nc1ccccc1CC3. The van der Waals surface area contributed by atoms with Gasteiger partial charge in [0, 0.05) is 41.8 Å². The van der Waals surface area contributed by atoms with E-state index in [0.717, 1.165) is 41.0 Å². The summed E-state index contributed by atoms with van der Waals surface area (Å²) in [5.74, 6) is 0.0243. The fourth-order valence-corrected chi connectivity index (χ4v) is 3.94. The summed E-state index contributed by atoms with van der Waals surface area (Å²) in [6.45, 7) is 0. The van der Waals surface area contributed by atoms with Gasteiger partial charge in [0.05, 0.1) is 0 Å². The smallest absolute Gasteiger partial charge is 0.225 e. The van der Waals surface area contributed by atoms with Crippen LogP contribution in [0.15, 0.2) is 55.1 Å². The van der Waals surface area contributed by atoms with Gasteiger partial charge in [0.1, 0.15) is 6.33 Å². The molecule has 3 heterocycles. The van der Waals surface area contributed by atoms with Crippen LogP contribution in [-0.4, -0.2) is 15.9 Å². The Bertz CT molecular complexity index is 1000. The summed E-state index contributed by atoms with van der Waals surface area (Å²) in [7, 11) is 0. The lowest BCUT2D eigenvalue weighted by atomic mass is 9.84. The van der Waals surface area contributed by atoms with Crippen molar-refractivity contribution < 1.29 is 4.79 Å². The molecule has 0 unspecified atom stereocenters. The molecule has 5 nitrogen and oxygen atoms in total. The van der Waals surface area contributed by atoms with Crippen LogP contribution >= 0.6 is 0 Å². The average Bonchev–Trinajstić information content (AvgIpc) is 2.85. The van der Waals surface area contributed by atoms with E-state index < -0.39 is 0 Å². The number of nitrogens with one attached hydrogen (secondary N) is 2. The van der Waals surface area contributed by atoms with Gasteiger partial charge in [0.2, 0.25) is 5.91 Å². The van der Waals surface area contributed by atoms with Crippen LogP contribution in [0.1, 0.15) is 34.6 Å². The minimum Gasteiger partial charge on any atom is -0.355 e. The van der Waals surface area contributed by atoms with Gasteiger partial charge >= 0.3 is 0 Å². The first-order valence-electron chi connectivity index (χ1n) is 8.84. The molecule has 0 spiro atoms. The normalized spacial score (nSPS) is 17.8. The summed E-state index contributed by atoms with van der Waals surface area (Å²) >= 11 is 0. The van der Waals surface area contributed by atoms with E-state index in [1.165, 1.54) is 17.5 Å². The molecule has 2 aliphatic rings. The molecule has 0 radical (unpaired) electrons. The molecule has 5 heteroatoms. The minimum atomic E-state index is -0.00382. The number of carbonyl (C=O) groups excluding carboxylic acids is 1. The highest BCUT2D eigenvalue weighted by atomic mass is 16.1. The highest BCUT2D eigenvalue weighted by Crippen LogP contribution is 2.41. The van der Waals surface area contributed by atoms with Crippen molar-refractivity contribution in [3.63, 3.8) is 0 Å². The molecule has 0 saturated carbocycles. The van der Waals surface area contributed by atoms with Crippen molar-refractivity contribution in [1.82, 2.24) is 9.97 Å². The third kappa shape index (κ3) is 2.52. The van der Waals surface area contributed by atoms with E-state index in [1.54, 1.807) is 12.4 Å². The van der Waals surface area contributed by atoms with E-state index in [0.29, 0.717) is 6.42 Å². The van der Waals surface area contributed by atoms with Gasteiger partial charge in [-0.3, -0.25) is 4.79 Å². The van der Waals surface area contributed by atoms with Crippen LogP contribution in [0.3, 0.4) is 0 Å². The number of hydrogen-bond donors (Lipinski definition) is 2. The number of hydrogen-bond acceptors (Lipinski definition) is 4. The summed E-state index contributed by atoms with van der Waals surface area (Å²) in [6, 6.07) is 12.7. The lowest BCUT2D eigenvalue weighted by Gasteiger charge is -2.27. The van der Waals surface area contributed by atoms with Crippen molar-refractivity contribution in [2.75, 3.05) is 10.6 Å². The standard InChI is InChI=1S/C21H18N4O/c26-21-8-16(15-10-22-12-23-11-15)17-7-14-6-5-13-3-1-2-4-18(13)24-19(14)9-20(17)25-21/h1-4,7,9-12,16,24H,5-6,8H2,(H,25,26)/t16-/m1/s1. The number of rotatable bonds is 1. The van der Waals surface area contributed by atoms with Crippen LogP contribution in [0, 0.1) is 0 Å². The quantitative estimate of drug-likeness (QED) is 0.706. The number of benzene rings is 2. The van der Waals surface area contributed by atoms with Crippen molar-refractivity contribution in [2.24, 2.45) is 0 Å². The fraction of sp³-hybridized carbons (Fsp3) is 0.190. The van der Waals surface area contributed by atoms with Crippen LogP contribution in [0.4, 0.5) is 17.1 Å². The van der Waals surface area contributed by atoms with Crippen LogP contribution in [0.25, 0.3) is 0 Å². The maximum absolute atomic E-state index is 12.3. The third-order valence-electron chi connectivity index (χ3n) is 5.25. The van der Waals surface area contributed by atoms with Gasteiger partial charge < -0.3 is 10.6 Å². The van der Waals surface area contributed by atoms with E-state index >= 15 is 0 Å². The van der Waals surface area contributed by atoms with Gasteiger partial charge in [-0.2, -0.15) is 0 Å². The molecule has 2 aromatic carbocycles. The number of nitrogens with zero attached hydrogens (tertiary/aromatic N) is 2. The average molecular weight is 342 g/mol. The van der Waals surface area contributed by atoms with Crippen molar-refractivity contribution >= 4 is 23.0 Å². The number of amides is 1. The maximum Gasteiger partial charge on any atom is 0.225 e. The molecule has 1 aromatic heterocycles. The number of para-hydroxylation sites is 1. The minimum absolute atomic E-state index is 0.00382. The summed E-state index contributed by atoms with van der Waals surface area (Å²) in [5, 5.41) is 6.58. The molecule has 2 N–H and O–H groups in total. The third-order valence-corrected chi connectivity index (χ3v) is 5.25. The van der Waals surface area contributed by atoms with Crippen molar-refractivity contribution in [2.45, 2.75) is 25.2 Å². The molecular formula is C21H18N4O. The molecule has 128 valence electrons. The lowest BCUT2D eigenvalue weighted by molar-refractivity contribution is -0.116. The van der Waals surface area contributed by atoms with E-state index in [9.17, 15) is 4.79 Å². The first-order chi connectivity index (χ1) is 12.8. The molecule has 1 atom stereocenters. The van der Waals surface area contributed by atoms with Gasteiger partial charge in [0.25, 0.3) is 0 Å². The monoisotopic (exact) mass is 342 g/mol.